The molecule has 0 aliphatic heterocycles. The standard InChI is InChI=1S/C13H16ClN3OS/c1-3-6-15-13-17-16-12(19-13)8-18-11-7-10(14)5-4-9(11)2/h4-5,7H,3,6,8H2,1-2H3,(H,15,17). The third kappa shape index (κ3) is 4.08. The van der Waals surface area contributed by atoms with E-state index in [1.807, 2.05) is 25.1 Å². The molecule has 0 atom stereocenters. The molecule has 2 aromatic rings. The summed E-state index contributed by atoms with van der Waals surface area (Å²) in [6.45, 7) is 5.41. The summed E-state index contributed by atoms with van der Waals surface area (Å²) in [5.74, 6) is 0.783. The molecule has 0 unspecified atom stereocenters. The summed E-state index contributed by atoms with van der Waals surface area (Å²) >= 11 is 7.46. The van der Waals surface area contributed by atoms with Crippen molar-refractivity contribution in [2.24, 2.45) is 0 Å². The monoisotopic (exact) mass is 297 g/mol. The van der Waals surface area contributed by atoms with Crippen LogP contribution in [0.25, 0.3) is 0 Å². The number of benzene rings is 1. The molecule has 102 valence electrons. The van der Waals surface area contributed by atoms with Gasteiger partial charge in [-0.05, 0) is 31.0 Å². The van der Waals surface area contributed by atoms with Gasteiger partial charge in [-0.2, -0.15) is 0 Å². The van der Waals surface area contributed by atoms with E-state index < -0.39 is 0 Å². The van der Waals surface area contributed by atoms with Crippen LogP contribution in [0.3, 0.4) is 0 Å². The molecule has 0 saturated heterocycles. The molecule has 0 aliphatic rings. The van der Waals surface area contributed by atoms with E-state index in [0.717, 1.165) is 34.4 Å². The fraction of sp³-hybridized carbons (Fsp3) is 0.385. The predicted molar refractivity (Wildman–Crippen MR) is 79.2 cm³/mol. The van der Waals surface area contributed by atoms with Crippen LogP contribution >= 0.6 is 22.9 Å². The van der Waals surface area contributed by atoms with E-state index in [9.17, 15) is 0 Å². The van der Waals surface area contributed by atoms with Crippen LogP contribution in [0.15, 0.2) is 18.2 Å². The number of nitrogens with zero attached hydrogens (tertiary/aromatic N) is 2. The summed E-state index contributed by atoms with van der Waals surface area (Å²) in [6.07, 6.45) is 1.06. The number of aryl methyl sites for hydroxylation is 1. The molecular formula is C13H16ClN3OS. The molecule has 1 aromatic heterocycles. The van der Waals surface area contributed by atoms with Crippen molar-refractivity contribution in [1.29, 1.82) is 0 Å². The maximum atomic E-state index is 5.94. The van der Waals surface area contributed by atoms with E-state index in [0.29, 0.717) is 11.6 Å². The molecular weight excluding hydrogens is 282 g/mol. The number of hydrogen-bond donors (Lipinski definition) is 1. The lowest BCUT2D eigenvalue weighted by Crippen LogP contribution is -1.98. The van der Waals surface area contributed by atoms with Gasteiger partial charge >= 0.3 is 0 Å². The van der Waals surface area contributed by atoms with Crippen molar-refractivity contribution in [3.8, 4) is 5.75 Å². The quantitative estimate of drug-likeness (QED) is 0.878. The Bertz CT molecular complexity index is 544. The summed E-state index contributed by atoms with van der Waals surface area (Å²) in [4.78, 5) is 0. The van der Waals surface area contributed by atoms with Gasteiger partial charge in [0.15, 0.2) is 5.01 Å². The first-order chi connectivity index (χ1) is 9.19. The highest BCUT2D eigenvalue weighted by atomic mass is 35.5. The van der Waals surface area contributed by atoms with Crippen LogP contribution in [0.2, 0.25) is 5.02 Å². The third-order valence-corrected chi connectivity index (χ3v) is 3.58. The molecule has 1 aromatic carbocycles. The lowest BCUT2D eigenvalue weighted by Gasteiger charge is -2.07. The second kappa shape index (κ2) is 6.73. The van der Waals surface area contributed by atoms with E-state index in [2.05, 4.69) is 22.4 Å². The van der Waals surface area contributed by atoms with Crippen LogP contribution in [-0.2, 0) is 6.61 Å². The fourth-order valence-electron chi connectivity index (χ4n) is 1.48. The molecule has 1 heterocycles. The zero-order chi connectivity index (χ0) is 13.7. The first-order valence-corrected chi connectivity index (χ1v) is 7.33. The van der Waals surface area contributed by atoms with Gasteiger partial charge in [-0.1, -0.05) is 35.9 Å². The lowest BCUT2D eigenvalue weighted by atomic mass is 10.2. The summed E-state index contributed by atoms with van der Waals surface area (Å²) < 4.78 is 5.72. The van der Waals surface area contributed by atoms with Gasteiger partial charge in [0, 0.05) is 11.6 Å². The Kier molecular flexibility index (Phi) is 4.99. The maximum absolute atomic E-state index is 5.94. The summed E-state index contributed by atoms with van der Waals surface area (Å²) in [5, 5.41) is 13.7. The molecule has 0 radical (unpaired) electrons. The van der Waals surface area contributed by atoms with Gasteiger partial charge in [0.2, 0.25) is 5.13 Å². The van der Waals surface area contributed by atoms with Gasteiger partial charge in [-0.25, -0.2) is 0 Å². The average Bonchev–Trinajstić information content (AvgIpc) is 2.85. The van der Waals surface area contributed by atoms with Crippen LogP contribution in [0.5, 0.6) is 5.75 Å². The first kappa shape index (κ1) is 14.1. The van der Waals surface area contributed by atoms with Gasteiger partial charge in [0.1, 0.15) is 12.4 Å². The predicted octanol–water partition coefficient (Wildman–Crippen LogP) is 3.90. The molecule has 0 aliphatic carbocycles. The number of aromatic nitrogens is 2. The molecule has 0 saturated carbocycles. The summed E-state index contributed by atoms with van der Waals surface area (Å²) in [5.41, 5.74) is 1.05. The molecule has 4 nitrogen and oxygen atoms in total. The minimum atomic E-state index is 0.409. The van der Waals surface area contributed by atoms with Crippen LogP contribution in [-0.4, -0.2) is 16.7 Å². The Morgan fingerprint density at radius 1 is 1.37 bits per heavy atom. The van der Waals surface area contributed by atoms with Gasteiger partial charge in [-0.3, -0.25) is 0 Å². The molecule has 0 bridgehead atoms. The fourth-order valence-corrected chi connectivity index (χ4v) is 2.32. The Labute approximate surface area is 121 Å². The Morgan fingerprint density at radius 3 is 3.00 bits per heavy atom. The van der Waals surface area contributed by atoms with Crippen molar-refractivity contribution in [3.05, 3.63) is 33.8 Å². The second-order valence-electron chi connectivity index (χ2n) is 4.13. The van der Waals surface area contributed by atoms with Crippen LogP contribution in [0.1, 0.15) is 23.9 Å². The number of anilines is 1. The Balaban J connectivity index is 1.94. The minimum Gasteiger partial charge on any atom is -0.486 e. The van der Waals surface area contributed by atoms with Gasteiger partial charge in [0.05, 0.1) is 0 Å². The first-order valence-electron chi connectivity index (χ1n) is 6.14. The molecule has 0 spiro atoms. The summed E-state index contributed by atoms with van der Waals surface area (Å²) in [7, 11) is 0. The maximum Gasteiger partial charge on any atom is 0.205 e. The van der Waals surface area contributed by atoms with Crippen LogP contribution in [0, 0.1) is 6.92 Å². The smallest absolute Gasteiger partial charge is 0.205 e. The van der Waals surface area contributed by atoms with Crippen LogP contribution < -0.4 is 10.1 Å². The van der Waals surface area contributed by atoms with Crippen molar-refractivity contribution in [2.45, 2.75) is 26.9 Å². The van der Waals surface area contributed by atoms with E-state index >= 15 is 0 Å². The number of nitrogens with one attached hydrogen (secondary N) is 1. The molecule has 2 rings (SSSR count). The largest absolute Gasteiger partial charge is 0.486 e. The van der Waals surface area contributed by atoms with Crippen LogP contribution in [0.4, 0.5) is 5.13 Å². The number of hydrogen-bond acceptors (Lipinski definition) is 5. The summed E-state index contributed by atoms with van der Waals surface area (Å²) in [6, 6.07) is 5.60. The van der Waals surface area contributed by atoms with Crippen molar-refractivity contribution >= 4 is 28.1 Å². The normalized spacial score (nSPS) is 10.5. The van der Waals surface area contributed by atoms with E-state index in [1.54, 1.807) is 0 Å². The zero-order valence-corrected chi connectivity index (χ0v) is 12.5. The van der Waals surface area contributed by atoms with Crippen molar-refractivity contribution in [3.63, 3.8) is 0 Å². The second-order valence-corrected chi connectivity index (χ2v) is 5.62. The van der Waals surface area contributed by atoms with Gasteiger partial charge in [-0.15, -0.1) is 10.2 Å². The SMILES string of the molecule is CCCNc1nnc(COc2cc(Cl)ccc2C)s1. The number of halogens is 1. The minimum absolute atomic E-state index is 0.409. The molecule has 0 amide bonds. The molecule has 1 N–H and O–H groups in total. The third-order valence-electron chi connectivity index (χ3n) is 2.49. The van der Waals surface area contributed by atoms with Crippen molar-refractivity contribution < 1.29 is 4.74 Å². The number of rotatable bonds is 6. The zero-order valence-electron chi connectivity index (χ0n) is 10.9. The van der Waals surface area contributed by atoms with Gasteiger partial charge < -0.3 is 10.1 Å². The highest BCUT2D eigenvalue weighted by Crippen LogP contribution is 2.24. The van der Waals surface area contributed by atoms with Crippen molar-refractivity contribution in [2.75, 3.05) is 11.9 Å². The van der Waals surface area contributed by atoms with E-state index in [1.165, 1.54) is 11.3 Å². The lowest BCUT2D eigenvalue weighted by molar-refractivity contribution is 0.302. The number of ether oxygens (including phenoxy) is 1. The highest BCUT2D eigenvalue weighted by Gasteiger charge is 2.06. The Hall–Kier alpha value is -1.33. The highest BCUT2D eigenvalue weighted by molar-refractivity contribution is 7.15. The van der Waals surface area contributed by atoms with E-state index in [-0.39, 0.29) is 0 Å². The molecule has 6 heteroatoms. The topological polar surface area (TPSA) is 47.0 Å². The van der Waals surface area contributed by atoms with E-state index in [4.69, 9.17) is 16.3 Å². The molecule has 0 fully saturated rings. The average molecular weight is 298 g/mol. The molecule has 19 heavy (non-hydrogen) atoms. The van der Waals surface area contributed by atoms with Crippen molar-refractivity contribution in [1.82, 2.24) is 10.2 Å². The Morgan fingerprint density at radius 2 is 2.21 bits per heavy atom. The van der Waals surface area contributed by atoms with Gasteiger partial charge in [0.25, 0.3) is 0 Å².